The Balaban J connectivity index is 2.49. The largest absolute Gasteiger partial charge is 0.350 e. The van der Waals surface area contributed by atoms with Crippen molar-refractivity contribution >= 4 is 32.4 Å². The van der Waals surface area contributed by atoms with Gasteiger partial charge in [-0.25, -0.2) is 15.0 Å². The third-order valence-corrected chi connectivity index (χ3v) is 5.93. The Labute approximate surface area is 138 Å². The highest BCUT2D eigenvalue weighted by atomic mass is 127. The first-order chi connectivity index (χ1) is 9.98. The van der Waals surface area contributed by atoms with Crippen molar-refractivity contribution in [2.75, 3.05) is 0 Å². The molecule has 2 aromatic carbocycles. The van der Waals surface area contributed by atoms with E-state index in [0.717, 1.165) is 15.6 Å². The van der Waals surface area contributed by atoms with E-state index >= 15 is 0 Å². The van der Waals surface area contributed by atoms with Crippen LogP contribution in [0.5, 0.6) is 0 Å². The van der Waals surface area contributed by atoms with Gasteiger partial charge in [-0.1, -0.05) is 58.5 Å². The molecular formula is C16H14INO2S. The molecule has 2 rings (SSSR count). The van der Waals surface area contributed by atoms with Crippen LogP contribution in [0.15, 0.2) is 53.4 Å². The number of sulfone groups is 1. The second kappa shape index (κ2) is 6.58. The van der Waals surface area contributed by atoms with Crippen LogP contribution in [0.1, 0.15) is 22.1 Å². The van der Waals surface area contributed by atoms with E-state index in [2.05, 4.69) is 27.4 Å². The molecule has 0 amide bonds. The monoisotopic (exact) mass is 411 g/mol. The number of halogens is 1. The summed E-state index contributed by atoms with van der Waals surface area (Å²) in [7, 11) is -3.70. The van der Waals surface area contributed by atoms with Gasteiger partial charge in [-0.2, -0.15) is 0 Å². The zero-order valence-electron chi connectivity index (χ0n) is 11.5. The highest BCUT2D eigenvalue weighted by molar-refractivity contribution is 14.1. The lowest BCUT2D eigenvalue weighted by Crippen LogP contribution is -2.11. The fourth-order valence-electron chi connectivity index (χ4n) is 2.01. The molecule has 3 nitrogen and oxygen atoms in total. The quantitative estimate of drug-likeness (QED) is 0.427. The Hall–Kier alpha value is -1.39. The second-order valence-corrected chi connectivity index (χ2v) is 7.49. The summed E-state index contributed by atoms with van der Waals surface area (Å²) in [6.07, 6.45) is 0. The molecule has 0 saturated heterocycles. The lowest BCUT2D eigenvalue weighted by Gasteiger charge is -2.09. The standard InChI is InChI=1S/C16H14INO2S/c1-12-6-8-15(9-7-12)21(19,20)16(18-2)14-5-3-4-13(10-14)11-17/h3-10,16H,11H2,1H3. The normalized spacial score (nSPS) is 12.6. The van der Waals surface area contributed by atoms with Crippen LogP contribution < -0.4 is 0 Å². The molecule has 1 unspecified atom stereocenters. The molecule has 0 spiro atoms. The Morgan fingerprint density at radius 1 is 1.19 bits per heavy atom. The summed E-state index contributed by atoms with van der Waals surface area (Å²) in [6, 6.07) is 13.8. The average Bonchev–Trinajstić information content (AvgIpc) is 2.48. The van der Waals surface area contributed by atoms with E-state index in [1.165, 1.54) is 0 Å². The van der Waals surface area contributed by atoms with E-state index in [-0.39, 0.29) is 4.90 Å². The SMILES string of the molecule is [C-]#[N+]C(c1cccc(CI)c1)S(=O)(=O)c1ccc(C)cc1. The molecule has 2 aromatic rings. The predicted molar refractivity (Wildman–Crippen MR) is 91.9 cm³/mol. The number of nitrogens with zero attached hydrogens (tertiary/aromatic N) is 1. The van der Waals surface area contributed by atoms with Gasteiger partial charge in [-0.3, -0.25) is 4.85 Å². The number of hydrogen-bond acceptors (Lipinski definition) is 2. The summed E-state index contributed by atoms with van der Waals surface area (Å²) in [5.74, 6) is 0. The fraction of sp³-hybridized carbons (Fsp3) is 0.188. The van der Waals surface area contributed by atoms with Crippen LogP contribution in [-0.2, 0) is 14.3 Å². The number of rotatable bonds is 4. The fourth-order valence-corrected chi connectivity index (χ4v) is 3.90. The van der Waals surface area contributed by atoms with Crippen LogP contribution >= 0.6 is 22.6 Å². The van der Waals surface area contributed by atoms with Crippen molar-refractivity contribution in [3.8, 4) is 0 Å². The topological polar surface area (TPSA) is 38.5 Å². The summed E-state index contributed by atoms with van der Waals surface area (Å²) in [5.41, 5.74) is 2.53. The summed E-state index contributed by atoms with van der Waals surface area (Å²) in [6.45, 7) is 9.21. The first-order valence-electron chi connectivity index (χ1n) is 6.31. The molecule has 0 saturated carbocycles. The number of aryl methyl sites for hydroxylation is 1. The first-order valence-corrected chi connectivity index (χ1v) is 9.38. The molecule has 21 heavy (non-hydrogen) atoms. The summed E-state index contributed by atoms with van der Waals surface area (Å²) in [5, 5.41) is -1.19. The molecule has 0 fully saturated rings. The third-order valence-electron chi connectivity index (χ3n) is 3.15. The summed E-state index contributed by atoms with van der Waals surface area (Å²) >= 11 is 2.21. The minimum Gasteiger partial charge on any atom is -0.291 e. The van der Waals surface area contributed by atoms with Gasteiger partial charge < -0.3 is 0 Å². The zero-order valence-corrected chi connectivity index (χ0v) is 14.4. The van der Waals surface area contributed by atoms with Crippen molar-refractivity contribution < 1.29 is 8.42 Å². The maximum Gasteiger partial charge on any atom is 0.350 e. The van der Waals surface area contributed by atoms with Gasteiger partial charge in [0.25, 0.3) is 9.84 Å². The third kappa shape index (κ3) is 3.44. The van der Waals surface area contributed by atoms with Crippen LogP contribution in [0.4, 0.5) is 0 Å². The van der Waals surface area contributed by atoms with Gasteiger partial charge in [0.15, 0.2) is 0 Å². The summed E-state index contributed by atoms with van der Waals surface area (Å²) < 4.78 is 26.1. The van der Waals surface area contributed by atoms with Crippen LogP contribution in [0, 0.1) is 13.5 Å². The van der Waals surface area contributed by atoms with Crippen molar-refractivity contribution in [2.45, 2.75) is 21.6 Å². The Morgan fingerprint density at radius 3 is 2.43 bits per heavy atom. The Kier molecular flexibility index (Phi) is 5.01. The van der Waals surface area contributed by atoms with Gasteiger partial charge >= 0.3 is 5.37 Å². The molecule has 0 radical (unpaired) electrons. The van der Waals surface area contributed by atoms with E-state index in [0.29, 0.717) is 5.56 Å². The molecule has 1 atom stereocenters. The molecule has 5 heteroatoms. The van der Waals surface area contributed by atoms with Crippen molar-refractivity contribution in [1.82, 2.24) is 0 Å². The Bertz CT molecular complexity index is 777. The molecule has 0 aliphatic rings. The number of hydrogen-bond donors (Lipinski definition) is 0. The lowest BCUT2D eigenvalue weighted by atomic mass is 10.1. The molecule has 0 bridgehead atoms. The average molecular weight is 411 g/mol. The maximum absolute atomic E-state index is 12.7. The van der Waals surface area contributed by atoms with E-state index < -0.39 is 15.2 Å². The minimum atomic E-state index is -3.70. The van der Waals surface area contributed by atoms with Crippen LogP contribution in [0.25, 0.3) is 4.85 Å². The van der Waals surface area contributed by atoms with E-state index in [9.17, 15) is 8.42 Å². The van der Waals surface area contributed by atoms with E-state index in [4.69, 9.17) is 6.57 Å². The first kappa shape index (κ1) is 16.0. The molecule has 0 aliphatic heterocycles. The van der Waals surface area contributed by atoms with Crippen LogP contribution in [0.2, 0.25) is 0 Å². The lowest BCUT2D eigenvalue weighted by molar-refractivity contribution is 0.590. The van der Waals surface area contributed by atoms with E-state index in [1.54, 1.807) is 42.5 Å². The van der Waals surface area contributed by atoms with Gasteiger partial charge in [0.2, 0.25) is 0 Å². The second-order valence-electron chi connectivity index (χ2n) is 4.72. The van der Waals surface area contributed by atoms with Gasteiger partial charge in [0, 0.05) is 4.43 Å². The molecule has 0 aromatic heterocycles. The van der Waals surface area contributed by atoms with E-state index in [1.807, 2.05) is 13.0 Å². The van der Waals surface area contributed by atoms with Gasteiger partial charge in [-0.05, 0) is 30.7 Å². The maximum atomic E-state index is 12.7. The van der Waals surface area contributed by atoms with Crippen LogP contribution in [-0.4, -0.2) is 8.42 Å². The van der Waals surface area contributed by atoms with Crippen LogP contribution in [0.3, 0.4) is 0 Å². The number of alkyl halides is 1. The highest BCUT2D eigenvalue weighted by Crippen LogP contribution is 2.31. The minimum absolute atomic E-state index is 0.189. The molecule has 108 valence electrons. The van der Waals surface area contributed by atoms with Crippen molar-refractivity contribution in [2.24, 2.45) is 0 Å². The summed E-state index contributed by atoms with van der Waals surface area (Å²) in [4.78, 5) is 3.55. The molecule has 0 N–H and O–H groups in total. The highest BCUT2D eigenvalue weighted by Gasteiger charge is 2.34. The van der Waals surface area contributed by atoms with Crippen molar-refractivity contribution in [3.63, 3.8) is 0 Å². The zero-order chi connectivity index (χ0) is 15.5. The van der Waals surface area contributed by atoms with Crippen molar-refractivity contribution in [3.05, 3.63) is 76.6 Å². The molecule has 0 aliphatic carbocycles. The van der Waals surface area contributed by atoms with Gasteiger partial charge in [-0.15, -0.1) is 0 Å². The van der Waals surface area contributed by atoms with Crippen molar-refractivity contribution in [1.29, 1.82) is 0 Å². The predicted octanol–water partition coefficient (Wildman–Crippen LogP) is 4.32. The Morgan fingerprint density at radius 2 is 1.86 bits per heavy atom. The smallest absolute Gasteiger partial charge is 0.291 e. The number of benzene rings is 2. The van der Waals surface area contributed by atoms with Gasteiger partial charge in [0.1, 0.15) is 0 Å². The molecular weight excluding hydrogens is 397 g/mol. The molecule has 0 heterocycles. The van der Waals surface area contributed by atoms with Gasteiger partial charge in [0.05, 0.1) is 10.5 Å².